The standard InChI is InChI=1S/C14H16F4N2/c1-13(2,9-19)6-3-7-20-10-4-5-12(15)11(8-10)14(16,17)18/h4-5,8,20H,3,6-7H2,1-2H3. The maximum absolute atomic E-state index is 13.1. The smallest absolute Gasteiger partial charge is 0.385 e. The van der Waals surface area contributed by atoms with Crippen LogP contribution in [0.15, 0.2) is 18.2 Å². The van der Waals surface area contributed by atoms with Gasteiger partial charge in [0.2, 0.25) is 0 Å². The Kier molecular flexibility index (Phi) is 4.98. The van der Waals surface area contributed by atoms with E-state index in [1.807, 2.05) is 0 Å². The summed E-state index contributed by atoms with van der Waals surface area (Å²) >= 11 is 0. The summed E-state index contributed by atoms with van der Waals surface area (Å²) in [5.41, 5.74) is -1.52. The van der Waals surface area contributed by atoms with Crippen LogP contribution < -0.4 is 5.32 Å². The Balaban J connectivity index is 2.60. The van der Waals surface area contributed by atoms with Gasteiger partial charge in [-0.25, -0.2) is 4.39 Å². The second-order valence-corrected chi connectivity index (χ2v) is 5.22. The second kappa shape index (κ2) is 6.12. The third kappa shape index (κ3) is 4.72. The summed E-state index contributed by atoms with van der Waals surface area (Å²) in [4.78, 5) is 0. The first kappa shape index (κ1) is 16.3. The first-order chi connectivity index (χ1) is 9.15. The molecule has 0 heterocycles. The van der Waals surface area contributed by atoms with Gasteiger partial charge in [-0.3, -0.25) is 0 Å². The van der Waals surface area contributed by atoms with Gasteiger partial charge in [-0.2, -0.15) is 18.4 Å². The Morgan fingerprint density at radius 1 is 1.25 bits per heavy atom. The Hall–Kier alpha value is -1.77. The molecule has 0 saturated carbocycles. The number of alkyl halides is 3. The van der Waals surface area contributed by atoms with Gasteiger partial charge in [-0.15, -0.1) is 0 Å². The van der Waals surface area contributed by atoms with E-state index in [1.54, 1.807) is 13.8 Å². The van der Waals surface area contributed by atoms with Crippen molar-refractivity contribution in [3.05, 3.63) is 29.6 Å². The molecular formula is C14H16F4N2. The van der Waals surface area contributed by atoms with E-state index in [0.717, 1.165) is 12.1 Å². The molecule has 0 amide bonds. The van der Waals surface area contributed by atoms with E-state index in [0.29, 0.717) is 19.4 Å². The molecule has 1 aromatic carbocycles. The van der Waals surface area contributed by atoms with E-state index in [2.05, 4.69) is 11.4 Å². The van der Waals surface area contributed by atoms with Gasteiger partial charge in [0.1, 0.15) is 5.82 Å². The highest BCUT2D eigenvalue weighted by Crippen LogP contribution is 2.33. The Labute approximate surface area is 115 Å². The van der Waals surface area contributed by atoms with Crippen LogP contribution in [0.4, 0.5) is 23.2 Å². The van der Waals surface area contributed by atoms with Gasteiger partial charge in [0.25, 0.3) is 0 Å². The third-order valence-corrected chi connectivity index (χ3v) is 2.88. The van der Waals surface area contributed by atoms with Crippen LogP contribution in [-0.2, 0) is 6.18 Å². The van der Waals surface area contributed by atoms with Gasteiger partial charge in [0.05, 0.1) is 17.0 Å². The summed E-state index contributed by atoms with van der Waals surface area (Å²) < 4.78 is 50.6. The van der Waals surface area contributed by atoms with Crippen molar-refractivity contribution in [2.45, 2.75) is 32.9 Å². The monoisotopic (exact) mass is 288 g/mol. The molecular weight excluding hydrogens is 272 g/mol. The maximum atomic E-state index is 13.1. The molecule has 0 bridgehead atoms. The predicted octanol–water partition coefficient (Wildman–Crippen LogP) is 4.59. The predicted molar refractivity (Wildman–Crippen MR) is 68.5 cm³/mol. The van der Waals surface area contributed by atoms with Crippen molar-refractivity contribution in [3.8, 4) is 6.07 Å². The first-order valence-electron chi connectivity index (χ1n) is 6.17. The van der Waals surface area contributed by atoms with Crippen LogP contribution >= 0.6 is 0 Å². The normalized spacial score (nSPS) is 12.1. The summed E-state index contributed by atoms with van der Waals surface area (Å²) in [6, 6.07) is 4.96. The lowest BCUT2D eigenvalue weighted by atomic mass is 9.90. The average Bonchev–Trinajstić information content (AvgIpc) is 2.35. The SMILES string of the molecule is CC(C)(C#N)CCCNc1ccc(F)c(C(F)(F)F)c1. The third-order valence-electron chi connectivity index (χ3n) is 2.88. The van der Waals surface area contributed by atoms with Crippen LogP contribution in [-0.4, -0.2) is 6.54 Å². The molecule has 1 N–H and O–H groups in total. The molecule has 1 rings (SSSR count). The van der Waals surface area contributed by atoms with Crippen molar-refractivity contribution in [1.29, 1.82) is 5.26 Å². The number of hydrogen-bond acceptors (Lipinski definition) is 2. The molecule has 0 aromatic heterocycles. The molecule has 0 atom stereocenters. The number of halogens is 4. The summed E-state index contributed by atoms with van der Waals surface area (Å²) in [7, 11) is 0. The highest BCUT2D eigenvalue weighted by Gasteiger charge is 2.34. The number of benzene rings is 1. The lowest BCUT2D eigenvalue weighted by Gasteiger charge is -2.15. The number of rotatable bonds is 5. The molecule has 2 nitrogen and oxygen atoms in total. The molecule has 0 aliphatic heterocycles. The van der Waals surface area contributed by atoms with E-state index >= 15 is 0 Å². The number of nitrogens with zero attached hydrogens (tertiary/aromatic N) is 1. The number of nitriles is 1. The van der Waals surface area contributed by atoms with Crippen molar-refractivity contribution in [3.63, 3.8) is 0 Å². The zero-order valence-corrected chi connectivity index (χ0v) is 11.3. The Morgan fingerprint density at radius 2 is 1.90 bits per heavy atom. The molecule has 0 fully saturated rings. The summed E-state index contributed by atoms with van der Waals surface area (Å²) in [5.74, 6) is -1.28. The lowest BCUT2D eigenvalue weighted by Crippen LogP contribution is -2.12. The van der Waals surface area contributed by atoms with E-state index in [4.69, 9.17) is 5.26 Å². The highest BCUT2D eigenvalue weighted by atomic mass is 19.4. The van der Waals surface area contributed by atoms with Crippen molar-refractivity contribution in [1.82, 2.24) is 0 Å². The Morgan fingerprint density at radius 3 is 2.45 bits per heavy atom. The van der Waals surface area contributed by atoms with E-state index in [1.165, 1.54) is 6.07 Å². The van der Waals surface area contributed by atoms with E-state index in [-0.39, 0.29) is 5.69 Å². The fraction of sp³-hybridized carbons (Fsp3) is 0.500. The average molecular weight is 288 g/mol. The van der Waals surface area contributed by atoms with Gasteiger partial charge in [0.15, 0.2) is 0 Å². The van der Waals surface area contributed by atoms with Crippen molar-refractivity contribution < 1.29 is 17.6 Å². The van der Waals surface area contributed by atoms with Crippen LogP contribution in [0.25, 0.3) is 0 Å². The number of hydrogen-bond donors (Lipinski definition) is 1. The minimum absolute atomic E-state index is 0.216. The quantitative estimate of drug-likeness (QED) is 0.635. The first-order valence-corrected chi connectivity index (χ1v) is 6.17. The topological polar surface area (TPSA) is 35.8 Å². The fourth-order valence-corrected chi connectivity index (χ4v) is 1.67. The minimum atomic E-state index is -4.70. The zero-order chi connectivity index (χ0) is 15.4. The van der Waals surface area contributed by atoms with Gasteiger partial charge < -0.3 is 5.32 Å². The number of nitrogens with one attached hydrogen (secondary N) is 1. The molecule has 0 aliphatic rings. The molecule has 20 heavy (non-hydrogen) atoms. The molecule has 0 unspecified atom stereocenters. The highest BCUT2D eigenvalue weighted by molar-refractivity contribution is 5.47. The van der Waals surface area contributed by atoms with Crippen molar-refractivity contribution in [2.75, 3.05) is 11.9 Å². The summed E-state index contributed by atoms with van der Waals surface area (Å²) in [6.45, 7) is 4.02. The van der Waals surface area contributed by atoms with E-state index in [9.17, 15) is 17.6 Å². The molecule has 0 aliphatic carbocycles. The largest absolute Gasteiger partial charge is 0.419 e. The van der Waals surface area contributed by atoms with Gasteiger partial charge in [-0.05, 0) is 44.9 Å². The lowest BCUT2D eigenvalue weighted by molar-refractivity contribution is -0.139. The van der Waals surface area contributed by atoms with Crippen LogP contribution in [0, 0.1) is 22.6 Å². The maximum Gasteiger partial charge on any atom is 0.419 e. The van der Waals surface area contributed by atoms with E-state index < -0.39 is 23.0 Å². The summed E-state index contributed by atoms with van der Waals surface area (Å²) in [6.07, 6.45) is -3.44. The van der Waals surface area contributed by atoms with Gasteiger partial charge >= 0.3 is 6.18 Å². The van der Waals surface area contributed by atoms with Crippen LogP contribution in [0.1, 0.15) is 32.3 Å². The van der Waals surface area contributed by atoms with Crippen molar-refractivity contribution >= 4 is 5.69 Å². The molecule has 6 heteroatoms. The van der Waals surface area contributed by atoms with Crippen LogP contribution in [0.2, 0.25) is 0 Å². The van der Waals surface area contributed by atoms with Crippen LogP contribution in [0.5, 0.6) is 0 Å². The molecule has 0 radical (unpaired) electrons. The minimum Gasteiger partial charge on any atom is -0.385 e. The zero-order valence-electron chi connectivity index (χ0n) is 11.3. The van der Waals surface area contributed by atoms with Gasteiger partial charge in [-0.1, -0.05) is 0 Å². The summed E-state index contributed by atoms with van der Waals surface area (Å²) in [5, 5.41) is 11.6. The molecule has 0 spiro atoms. The van der Waals surface area contributed by atoms with Crippen molar-refractivity contribution in [2.24, 2.45) is 5.41 Å². The fourth-order valence-electron chi connectivity index (χ4n) is 1.67. The number of anilines is 1. The molecule has 110 valence electrons. The van der Waals surface area contributed by atoms with Crippen LogP contribution in [0.3, 0.4) is 0 Å². The molecule has 1 aromatic rings. The molecule has 0 saturated heterocycles. The van der Waals surface area contributed by atoms with Gasteiger partial charge in [0, 0.05) is 12.2 Å². The Bertz CT molecular complexity index is 501. The second-order valence-electron chi connectivity index (χ2n) is 5.22.